The van der Waals surface area contributed by atoms with Crippen molar-refractivity contribution >= 4 is 5.71 Å². The van der Waals surface area contributed by atoms with E-state index in [1.165, 1.54) is 0 Å². The number of nitrogens with zero attached hydrogens (tertiary/aromatic N) is 1. The van der Waals surface area contributed by atoms with Gasteiger partial charge in [-0.05, 0) is 19.8 Å². The Kier molecular flexibility index (Phi) is 4.11. The molecule has 0 saturated carbocycles. The molecule has 3 heteroatoms. The summed E-state index contributed by atoms with van der Waals surface area (Å²) in [6.45, 7) is 5.51. The van der Waals surface area contributed by atoms with E-state index in [-0.39, 0.29) is 0 Å². The highest BCUT2D eigenvalue weighted by Gasteiger charge is 2.27. The van der Waals surface area contributed by atoms with Crippen molar-refractivity contribution in [2.75, 3.05) is 0 Å². The minimum absolute atomic E-state index is 0.404. The molecule has 66 valence electrons. The van der Waals surface area contributed by atoms with Gasteiger partial charge in [0.05, 0.1) is 5.71 Å². The smallest absolute Gasteiger partial charge is 0.105 e. The summed E-state index contributed by atoms with van der Waals surface area (Å²) < 4.78 is 0. The Bertz CT molecular complexity index is 145. The summed E-state index contributed by atoms with van der Waals surface area (Å²) in [5.41, 5.74) is -0.495. The third kappa shape index (κ3) is 2.50. The second kappa shape index (κ2) is 4.34. The predicted molar refractivity (Wildman–Crippen MR) is 45.0 cm³/mol. The summed E-state index contributed by atoms with van der Waals surface area (Å²) in [5, 5.41) is 21.3. The van der Waals surface area contributed by atoms with Crippen LogP contribution < -0.4 is 0 Å². The van der Waals surface area contributed by atoms with Gasteiger partial charge in [0.1, 0.15) is 5.60 Å². The highest BCUT2D eigenvalue weighted by Crippen LogP contribution is 2.18. The molecule has 0 aliphatic heterocycles. The molecule has 0 heterocycles. The Morgan fingerprint density at radius 1 is 1.45 bits per heavy atom. The van der Waals surface area contributed by atoms with E-state index in [2.05, 4.69) is 5.16 Å². The van der Waals surface area contributed by atoms with Crippen molar-refractivity contribution in [2.24, 2.45) is 5.16 Å². The van der Waals surface area contributed by atoms with Crippen LogP contribution in [0.4, 0.5) is 0 Å². The van der Waals surface area contributed by atoms with Gasteiger partial charge in [-0.2, -0.15) is 0 Å². The van der Waals surface area contributed by atoms with Crippen LogP contribution in [-0.2, 0) is 0 Å². The summed E-state index contributed by atoms with van der Waals surface area (Å²) in [7, 11) is 0. The van der Waals surface area contributed by atoms with Crippen LogP contribution in [0.2, 0.25) is 0 Å². The summed E-state index contributed by atoms with van der Waals surface area (Å²) in [6, 6.07) is 0. The maximum Gasteiger partial charge on any atom is 0.105 e. The number of aliphatic hydroxyl groups is 1. The van der Waals surface area contributed by atoms with E-state index >= 15 is 0 Å². The van der Waals surface area contributed by atoms with Gasteiger partial charge in [-0.25, -0.2) is 0 Å². The van der Waals surface area contributed by atoms with Crippen molar-refractivity contribution in [1.29, 1.82) is 0 Å². The SMILES string of the molecule is CCC[C@@](O)(CC)/C(C)=N/O. The first-order chi connectivity index (χ1) is 5.10. The number of rotatable bonds is 4. The van der Waals surface area contributed by atoms with Gasteiger partial charge < -0.3 is 10.3 Å². The Morgan fingerprint density at radius 3 is 2.27 bits per heavy atom. The molecule has 0 amide bonds. The van der Waals surface area contributed by atoms with E-state index in [9.17, 15) is 5.11 Å². The van der Waals surface area contributed by atoms with Gasteiger partial charge in [-0.3, -0.25) is 0 Å². The van der Waals surface area contributed by atoms with Crippen molar-refractivity contribution in [3.8, 4) is 0 Å². The van der Waals surface area contributed by atoms with Crippen LogP contribution in [0.3, 0.4) is 0 Å². The fraction of sp³-hybridized carbons (Fsp3) is 0.875. The van der Waals surface area contributed by atoms with Crippen LogP contribution in [0.5, 0.6) is 0 Å². The van der Waals surface area contributed by atoms with E-state index in [1.54, 1.807) is 6.92 Å². The zero-order valence-corrected chi connectivity index (χ0v) is 7.46. The molecule has 0 unspecified atom stereocenters. The highest BCUT2D eigenvalue weighted by atomic mass is 16.4. The molecule has 0 fully saturated rings. The minimum atomic E-state index is -0.899. The first kappa shape index (κ1) is 10.4. The second-order valence-electron chi connectivity index (χ2n) is 2.82. The van der Waals surface area contributed by atoms with E-state index in [0.29, 0.717) is 18.6 Å². The Hall–Kier alpha value is -0.570. The van der Waals surface area contributed by atoms with Crippen molar-refractivity contribution in [3.05, 3.63) is 0 Å². The van der Waals surface area contributed by atoms with Crippen LogP contribution in [0.15, 0.2) is 5.16 Å². The molecular formula is C8H17NO2. The predicted octanol–water partition coefficient (Wildman–Crippen LogP) is 1.78. The molecule has 0 saturated heterocycles. The molecule has 0 aliphatic carbocycles. The van der Waals surface area contributed by atoms with E-state index in [4.69, 9.17) is 5.21 Å². The Balaban J connectivity index is 4.32. The fourth-order valence-corrected chi connectivity index (χ4v) is 1.12. The standard InChI is InChI=1S/C8H17NO2/c1-4-6-8(10,5-2)7(3)9-11/h10-11H,4-6H2,1-3H3/b9-7+/t8-/m0/s1. The molecule has 0 spiro atoms. The summed E-state index contributed by atoms with van der Waals surface area (Å²) in [6.07, 6.45) is 2.13. The average Bonchev–Trinajstić information content (AvgIpc) is 2.03. The fourth-order valence-electron chi connectivity index (χ4n) is 1.12. The first-order valence-electron chi connectivity index (χ1n) is 4.02. The average molecular weight is 159 g/mol. The molecule has 1 atom stereocenters. The van der Waals surface area contributed by atoms with Crippen LogP contribution in [0, 0.1) is 0 Å². The maximum absolute atomic E-state index is 9.80. The second-order valence-corrected chi connectivity index (χ2v) is 2.82. The summed E-state index contributed by atoms with van der Waals surface area (Å²) >= 11 is 0. The van der Waals surface area contributed by atoms with Crippen LogP contribution in [0.25, 0.3) is 0 Å². The number of oxime groups is 1. The zero-order chi connectivity index (χ0) is 8.91. The maximum atomic E-state index is 9.80. The van der Waals surface area contributed by atoms with Gasteiger partial charge in [-0.15, -0.1) is 0 Å². The summed E-state index contributed by atoms with van der Waals surface area (Å²) in [5.74, 6) is 0. The monoisotopic (exact) mass is 159 g/mol. The molecule has 0 bridgehead atoms. The molecule has 0 aromatic rings. The molecule has 0 radical (unpaired) electrons. The molecule has 11 heavy (non-hydrogen) atoms. The largest absolute Gasteiger partial charge is 0.411 e. The Morgan fingerprint density at radius 2 is 2.00 bits per heavy atom. The van der Waals surface area contributed by atoms with Crippen LogP contribution in [0.1, 0.15) is 40.0 Å². The Labute approximate surface area is 67.7 Å². The van der Waals surface area contributed by atoms with E-state index in [1.807, 2.05) is 13.8 Å². The van der Waals surface area contributed by atoms with Crippen molar-refractivity contribution in [2.45, 2.75) is 45.6 Å². The number of hydrogen-bond acceptors (Lipinski definition) is 3. The molecule has 2 N–H and O–H groups in total. The number of hydrogen-bond donors (Lipinski definition) is 2. The van der Waals surface area contributed by atoms with Gasteiger partial charge >= 0.3 is 0 Å². The zero-order valence-electron chi connectivity index (χ0n) is 7.46. The third-order valence-electron chi connectivity index (χ3n) is 2.07. The molecule has 0 aromatic carbocycles. The van der Waals surface area contributed by atoms with E-state index < -0.39 is 5.60 Å². The molecular weight excluding hydrogens is 142 g/mol. The van der Waals surface area contributed by atoms with Crippen LogP contribution in [-0.4, -0.2) is 21.6 Å². The molecule has 0 aliphatic rings. The third-order valence-corrected chi connectivity index (χ3v) is 2.07. The lowest BCUT2D eigenvalue weighted by Crippen LogP contribution is -2.35. The van der Waals surface area contributed by atoms with Crippen LogP contribution >= 0.6 is 0 Å². The minimum Gasteiger partial charge on any atom is -0.411 e. The van der Waals surface area contributed by atoms with Crippen molar-refractivity contribution in [3.63, 3.8) is 0 Å². The highest BCUT2D eigenvalue weighted by molar-refractivity contribution is 5.89. The lowest BCUT2D eigenvalue weighted by Gasteiger charge is -2.24. The normalized spacial score (nSPS) is 18.0. The quantitative estimate of drug-likeness (QED) is 0.373. The molecule has 0 aromatic heterocycles. The summed E-state index contributed by atoms with van der Waals surface area (Å²) in [4.78, 5) is 0. The van der Waals surface area contributed by atoms with Gasteiger partial charge in [0.2, 0.25) is 0 Å². The molecule has 0 rings (SSSR count). The van der Waals surface area contributed by atoms with Gasteiger partial charge in [-0.1, -0.05) is 25.4 Å². The van der Waals surface area contributed by atoms with Gasteiger partial charge in [0, 0.05) is 0 Å². The van der Waals surface area contributed by atoms with Crippen molar-refractivity contribution < 1.29 is 10.3 Å². The van der Waals surface area contributed by atoms with Gasteiger partial charge in [0.15, 0.2) is 0 Å². The van der Waals surface area contributed by atoms with Gasteiger partial charge in [0.25, 0.3) is 0 Å². The first-order valence-corrected chi connectivity index (χ1v) is 4.02. The topological polar surface area (TPSA) is 52.8 Å². The van der Waals surface area contributed by atoms with Crippen molar-refractivity contribution in [1.82, 2.24) is 0 Å². The lowest BCUT2D eigenvalue weighted by molar-refractivity contribution is 0.0923. The van der Waals surface area contributed by atoms with E-state index in [0.717, 1.165) is 6.42 Å². The lowest BCUT2D eigenvalue weighted by atomic mass is 9.90. The molecule has 3 nitrogen and oxygen atoms in total.